The average molecular weight is 298 g/mol. The third-order valence-electron chi connectivity index (χ3n) is 3.14. The fourth-order valence-electron chi connectivity index (χ4n) is 2.30. The first-order chi connectivity index (χ1) is 9.30. The van der Waals surface area contributed by atoms with Crippen molar-refractivity contribution in [3.63, 3.8) is 0 Å². The topological polar surface area (TPSA) is 15.3 Å². The molecule has 1 atom stereocenters. The molecule has 1 fully saturated rings. The van der Waals surface area contributed by atoms with E-state index in [4.69, 9.17) is 0 Å². The number of hydrogen-bond donors (Lipinski definition) is 1. The molecule has 0 radical (unpaired) electrons. The van der Waals surface area contributed by atoms with E-state index in [1.54, 1.807) is 0 Å². The van der Waals surface area contributed by atoms with Crippen molar-refractivity contribution in [2.45, 2.75) is 12.2 Å². The predicted octanol–water partition coefficient (Wildman–Crippen LogP) is 2.61. The summed E-state index contributed by atoms with van der Waals surface area (Å²) in [7, 11) is 0. The number of nitrogens with zero attached hydrogens (tertiary/aromatic N) is 1. The van der Waals surface area contributed by atoms with E-state index in [0.717, 1.165) is 4.90 Å². The van der Waals surface area contributed by atoms with Gasteiger partial charge in [-0.25, -0.2) is 13.2 Å². The molecule has 0 saturated carbocycles. The van der Waals surface area contributed by atoms with Crippen molar-refractivity contribution in [2.24, 2.45) is 0 Å². The summed E-state index contributed by atoms with van der Waals surface area (Å²) in [5.74, 6) is -4.51. The Bertz CT molecular complexity index is 482. The van der Waals surface area contributed by atoms with Gasteiger partial charge in [0.15, 0.2) is 11.6 Å². The Morgan fingerprint density at radius 1 is 1.05 bits per heavy atom. The smallest absolute Gasteiger partial charge is 0.314 e. The van der Waals surface area contributed by atoms with Crippen molar-refractivity contribution in [3.05, 3.63) is 35.1 Å². The van der Waals surface area contributed by atoms with Gasteiger partial charge in [0, 0.05) is 37.8 Å². The van der Waals surface area contributed by atoms with Crippen LogP contribution in [0.3, 0.4) is 0 Å². The molecule has 0 unspecified atom stereocenters. The molecule has 2 nitrogen and oxygen atoms in total. The number of benzene rings is 1. The molecular formula is C12H12F6N2. The number of piperazine rings is 1. The second kappa shape index (κ2) is 5.61. The van der Waals surface area contributed by atoms with E-state index in [2.05, 4.69) is 5.32 Å². The molecular weight excluding hydrogens is 286 g/mol. The largest absolute Gasteiger partial charge is 0.408 e. The van der Waals surface area contributed by atoms with Gasteiger partial charge in [-0.3, -0.25) is 4.90 Å². The fraction of sp³-hybridized carbons (Fsp3) is 0.500. The molecule has 0 aromatic heterocycles. The summed E-state index contributed by atoms with van der Waals surface area (Å²) >= 11 is 0. The first-order valence-corrected chi connectivity index (χ1v) is 5.96. The lowest BCUT2D eigenvalue weighted by Gasteiger charge is -2.36. The minimum atomic E-state index is -4.82. The summed E-state index contributed by atoms with van der Waals surface area (Å²) in [6.45, 7) is 0.626. The number of alkyl halides is 3. The summed E-state index contributed by atoms with van der Waals surface area (Å²) in [5, 5.41) is 2.86. The third kappa shape index (κ3) is 3.06. The van der Waals surface area contributed by atoms with Gasteiger partial charge in [0.25, 0.3) is 0 Å². The zero-order chi connectivity index (χ0) is 14.9. The lowest BCUT2D eigenvalue weighted by atomic mass is 10.0. The summed E-state index contributed by atoms with van der Waals surface area (Å²) in [6, 6.07) is -1.72. The van der Waals surface area contributed by atoms with Crippen LogP contribution in [0.4, 0.5) is 26.3 Å². The van der Waals surface area contributed by atoms with E-state index in [1.165, 1.54) is 0 Å². The molecule has 1 saturated heterocycles. The molecule has 8 heteroatoms. The number of hydrogen-bond acceptors (Lipinski definition) is 2. The average Bonchev–Trinajstić information content (AvgIpc) is 2.35. The highest BCUT2D eigenvalue weighted by atomic mass is 19.4. The fourth-order valence-corrected chi connectivity index (χ4v) is 2.30. The Morgan fingerprint density at radius 2 is 1.65 bits per heavy atom. The Hall–Kier alpha value is -1.28. The molecule has 0 amide bonds. The molecule has 1 aromatic carbocycles. The van der Waals surface area contributed by atoms with Crippen LogP contribution < -0.4 is 5.32 Å². The van der Waals surface area contributed by atoms with Gasteiger partial charge in [-0.2, -0.15) is 13.2 Å². The maximum atomic E-state index is 13.6. The van der Waals surface area contributed by atoms with Crippen LogP contribution >= 0.6 is 0 Å². The molecule has 1 aromatic rings. The number of halogens is 6. The van der Waals surface area contributed by atoms with Crippen molar-refractivity contribution in [1.82, 2.24) is 10.2 Å². The lowest BCUT2D eigenvalue weighted by molar-refractivity contribution is -0.188. The highest BCUT2D eigenvalue weighted by molar-refractivity contribution is 5.25. The van der Waals surface area contributed by atoms with Gasteiger partial charge in [0.1, 0.15) is 11.9 Å². The van der Waals surface area contributed by atoms with Crippen LogP contribution in [0.1, 0.15) is 11.6 Å². The maximum Gasteiger partial charge on any atom is 0.408 e. The van der Waals surface area contributed by atoms with Gasteiger partial charge >= 0.3 is 6.18 Å². The Labute approximate surface area is 111 Å². The van der Waals surface area contributed by atoms with Crippen LogP contribution in [0.15, 0.2) is 12.1 Å². The van der Waals surface area contributed by atoms with E-state index in [9.17, 15) is 26.3 Å². The van der Waals surface area contributed by atoms with Gasteiger partial charge in [0.05, 0.1) is 0 Å². The molecule has 20 heavy (non-hydrogen) atoms. The molecule has 112 valence electrons. The Balaban J connectivity index is 2.46. The van der Waals surface area contributed by atoms with E-state index in [1.807, 2.05) is 0 Å². The molecule has 2 rings (SSSR count). The quantitative estimate of drug-likeness (QED) is 0.667. The van der Waals surface area contributed by atoms with Crippen LogP contribution in [0.25, 0.3) is 0 Å². The first kappa shape index (κ1) is 15.1. The summed E-state index contributed by atoms with van der Waals surface area (Å²) < 4.78 is 79.4. The number of rotatable bonds is 2. The van der Waals surface area contributed by atoms with Crippen LogP contribution in [-0.4, -0.2) is 37.3 Å². The van der Waals surface area contributed by atoms with E-state index in [0.29, 0.717) is 19.2 Å². The summed E-state index contributed by atoms with van der Waals surface area (Å²) in [6.07, 6.45) is -4.82. The van der Waals surface area contributed by atoms with Crippen LogP contribution in [-0.2, 0) is 0 Å². The van der Waals surface area contributed by atoms with Crippen molar-refractivity contribution >= 4 is 0 Å². The monoisotopic (exact) mass is 298 g/mol. The second-order valence-corrected chi connectivity index (χ2v) is 4.52. The van der Waals surface area contributed by atoms with Crippen LogP contribution in [0.5, 0.6) is 0 Å². The van der Waals surface area contributed by atoms with Crippen LogP contribution in [0, 0.1) is 17.5 Å². The molecule has 1 heterocycles. The molecule has 0 aliphatic carbocycles. The van der Waals surface area contributed by atoms with Gasteiger partial charge in [0.2, 0.25) is 0 Å². The Kier molecular flexibility index (Phi) is 4.24. The van der Waals surface area contributed by atoms with Crippen molar-refractivity contribution in [1.29, 1.82) is 0 Å². The van der Waals surface area contributed by atoms with Crippen molar-refractivity contribution < 1.29 is 26.3 Å². The van der Waals surface area contributed by atoms with Gasteiger partial charge in [-0.15, -0.1) is 0 Å². The maximum absolute atomic E-state index is 13.6. The standard InChI is InChI=1S/C12H12F6N2/c13-7-5-8(10(15)9(14)6-7)11(12(16,17)18)20-3-1-19-2-4-20/h5-6,11,19H,1-4H2/t11-/m1/s1. The molecule has 0 bridgehead atoms. The normalized spacial score (nSPS) is 19.1. The van der Waals surface area contributed by atoms with Gasteiger partial charge in [-0.05, 0) is 6.07 Å². The summed E-state index contributed by atoms with van der Waals surface area (Å²) in [5.41, 5.74) is -1.02. The second-order valence-electron chi connectivity index (χ2n) is 4.52. The molecule has 1 aliphatic rings. The highest BCUT2D eigenvalue weighted by Crippen LogP contribution is 2.39. The zero-order valence-electron chi connectivity index (χ0n) is 10.3. The minimum Gasteiger partial charge on any atom is -0.314 e. The first-order valence-electron chi connectivity index (χ1n) is 5.96. The SMILES string of the molecule is Fc1cc(F)c(F)c([C@@H](N2CCNCC2)C(F)(F)F)c1. The third-order valence-corrected chi connectivity index (χ3v) is 3.14. The van der Waals surface area contributed by atoms with E-state index in [-0.39, 0.29) is 19.2 Å². The summed E-state index contributed by atoms with van der Waals surface area (Å²) in [4.78, 5) is 0.966. The van der Waals surface area contributed by atoms with E-state index >= 15 is 0 Å². The van der Waals surface area contributed by atoms with Gasteiger partial charge in [-0.1, -0.05) is 0 Å². The molecule has 0 spiro atoms. The lowest BCUT2D eigenvalue weighted by Crippen LogP contribution is -2.49. The molecule has 1 aliphatic heterocycles. The predicted molar refractivity (Wildman–Crippen MR) is 59.6 cm³/mol. The van der Waals surface area contributed by atoms with E-state index < -0.39 is 35.2 Å². The zero-order valence-corrected chi connectivity index (χ0v) is 10.3. The molecule has 1 N–H and O–H groups in total. The Morgan fingerprint density at radius 3 is 2.20 bits per heavy atom. The van der Waals surface area contributed by atoms with Crippen molar-refractivity contribution in [3.8, 4) is 0 Å². The number of nitrogens with one attached hydrogen (secondary N) is 1. The van der Waals surface area contributed by atoms with Crippen molar-refractivity contribution in [2.75, 3.05) is 26.2 Å². The highest BCUT2D eigenvalue weighted by Gasteiger charge is 2.46. The van der Waals surface area contributed by atoms with Gasteiger partial charge < -0.3 is 5.32 Å². The minimum absolute atomic E-state index is 0.0156. The van der Waals surface area contributed by atoms with Crippen LogP contribution in [0.2, 0.25) is 0 Å².